The number of ketones is 2. The van der Waals surface area contributed by atoms with Gasteiger partial charge in [0.25, 0.3) is 0 Å². The molecule has 0 bridgehead atoms. The summed E-state index contributed by atoms with van der Waals surface area (Å²) in [6.45, 7) is 12.6. The fraction of sp³-hybridized carbons (Fsp3) is 0.709. The zero-order chi connectivity index (χ0) is 54.0. The Morgan fingerprint density at radius 3 is 1.59 bits per heavy atom. The first-order valence-electron chi connectivity index (χ1n) is 27.0. The van der Waals surface area contributed by atoms with Crippen molar-refractivity contribution in [1.29, 1.82) is 0 Å². The lowest BCUT2D eigenvalue weighted by atomic mass is 9.72. The number of aryl methyl sites for hydroxylation is 1. The molecule has 0 spiro atoms. The Kier molecular flexibility index (Phi) is 16.7. The Balaban J connectivity index is 0.695. The quantitative estimate of drug-likeness (QED) is 0.159. The van der Waals surface area contributed by atoms with Crippen LogP contribution in [0, 0.1) is 6.92 Å². The summed E-state index contributed by atoms with van der Waals surface area (Å²) in [5, 5.41) is 76.7. The minimum Gasteiger partial charge on any atom is -0.507 e. The number of carbonyl (C=O) groups is 2. The molecule has 22 atom stereocenters. The van der Waals surface area contributed by atoms with Gasteiger partial charge in [-0.25, -0.2) is 0 Å². The van der Waals surface area contributed by atoms with Crippen LogP contribution in [0.15, 0.2) is 29.8 Å². The van der Waals surface area contributed by atoms with E-state index in [1.54, 1.807) is 40.7 Å². The van der Waals surface area contributed by atoms with Gasteiger partial charge in [0.1, 0.15) is 35.6 Å². The number of aliphatic hydroxyl groups excluding tert-OH is 5. The number of aliphatic hydroxyl groups is 5. The maximum absolute atomic E-state index is 14.4. The van der Waals surface area contributed by atoms with Gasteiger partial charge in [-0.1, -0.05) is 6.07 Å². The number of rotatable bonds is 12. The summed E-state index contributed by atoms with van der Waals surface area (Å²) in [4.78, 5) is 28.4. The maximum Gasteiger partial charge on any atom is 0.202 e. The molecule has 2 aromatic rings. The van der Waals surface area contributed by atoms with Crippen LogP contribution < -0.4 is 4.74 Å². The van der Waals surface area contributed by atoms with E-state index in [0.717, 1.165) is 0 Å². The number of aromatic hydroxyl groups is 2. The van der Waals surface area contributed by atoms with Crippen LogP contribution in [0.5, 0.6) is 17.2 Å². The standard InChI is InChI=1S/C55H74O21/c1-22-16-29-18-33(59)48-50(46(29)32(58)17-22)54(64)49-37(10-8-31(57)47(49)53(48)63)73-43-19-34(60)55(28(7)70-43)76-45-21-39(52(62)27(6)69-45)75-42-15-11-35(24(3)67-42)71-41-14-12-36(25(4)66-41)72-44-20-38(51(61)26(5)68-44)74-40-13-9-30(56)23(2)65-40/h8,10,16-17,23-28,30,33-36,38-45,51-52,55-62H,9,11-15,18-21H2,1-7H3/t23?,24?,25?,26?,27?,28?,30?,33-,34?,35?,36?,38?,39?,40?,41?,42?,43?,44?,45?,51?,52?,55?/m1/s1. The maximum atomic E-state index is 14.4. The first kappa shape index (κ1) is 55.6. The molecule has 2 aromatic carbocycles. The molecule has 6 aliphatic heterocycles. The van der Waals surface area contributed by atoms with E-state index in [2.05, 4.69) is 0 Å². The van der Waals surface area contributed by atoms with Gasteiger partial charge in [-0.05, 0) is 97.1 Å². The van der Waals surface area contributed by atoms with Crippen LogP contribution in [0.2, 0.25) is 0 Å². The highest BCUT2D eigenvalue weighted by molar-refractivity contribution is 6.43. The van der Waals surface area contributed by atoms with E-state index in [9.17, 15) is 45.3 Å². The zero-order valence-corrected chi connectivity index (χ0v) is 43.9. The van der Waals surface area contributed by atoms with Gasteiger partial charge < -0.3 is 92.6 Å². The van der Waals surface area contributed by atoms with Gasteiger partial charge in [-0.3, -0.25) is 9.59 Å². The Hall–Kier alpha value is -3.72. The topological polar surface area (TPSA) is 287 Å². The molecule has 0 radical (unpaired) electrons. The molecular formula is C55H74O21. The van der Waals surface area contributed by atoms with E-state index in [0.29, 0.717) is 56.1 Å². The van der Waals surface area contributed by atoms with Crippen molar-refractivity contribution in [2.24, 2.45) is 0 Å². The number of allylic oxidation sites excluding steroid dienone is 1. The van der Waals surface area contributed by atoms with Crippen molar-refractivity contribution in [3.63, 3.8) is 0 Å². The Morgan fingerprint density at radius 1 is 0.487 bits per heavy atom. The van der Waals surface area contributed by atoms with Crippen molar-refractivity contribution in [2.75, 3.05) is 0 Å². The predicted octanol–water partition coefficient (Wildman–Crippen LogP) is 3.88. The van der Waals surface area contributed by atoms with Gasteiger partial charge in [-0.15, -0.1) is 0 Å². The van der Waals surface area contributed by atoms with Crippen molar-refractivity contribution in [2.45, 2.75) is 248 Å². The average Bonchev–Trinajstić information content (AvgIpc) is 3.42. The van der Waals surface area contributed by atoms with Crippen molar-refractivity contribution in [3.8, 4) is 17.2 Å². The summed E-state index contributed by atoms with van der Waals surface area (Å²) in [6, 6.07) is 5.74. The third kappa shape index (κ3) is 11.4. The van der Waals surface area contributed by atoms with Crippen LogP contribution in [0.3, 0.4) is 0 Å². The highest BCUT2D eigenvalue weighted by Crippen LogP contribution is 2.48. The Morgan fingerprint density at radius 2 is 1.01 bits per heavy atom. The largest absolute Gasteiger partial charge is 0.507 e. The summed E-state index contributed by atoms with van der Waals surface area (Å²) < 4.78 is 74.7. The molecule has 0 aromatic heterocycles. The van der Waals surface area contributed by atoms with E-state index in [4.69, 9.17) is 56.8 Å². The summed E-state index contributed by atoms with van der Waals surface area (Å²) in [7, 11) is 0. The van der Waals surface area contributed by atoms with Crippen molar-refractivity contribution >= 4 is 17.1 Å². The van der Waals surface area contributed by atoms with Gasteiger partial charge in [0.05, 0.1) is 90.5 Å². The second-order valence-electron chi connectivity index (χ2n) is 21.9. The Bertz CT molecular complexity index is 2450. The summed E-state index contributed by atoms with van der Waals surface area (Å²) in [5.74, 6) is -2.32. The number of fused-ring (bicyclic) bond motifs is 3. The summed E-state index contributed by atoms with van der Waals surface area (Å²) in [6.07, 6.45) is -11.7. The van der Waals surface area contributed by atoms with Gasteiger partial charge in [0.15, 0.2) is 43.0 Å². The van der Waals surface area contributed by atoms with Crippen molar-refractivity contribution in [3.05, 3.63) is 57.7 Å². The molecule has 2 aliphatic carbocycles. The highest BCUT2D eigenvalue weighted by atomic mass is 16.8. The van der Waals surface area contributed by atoms with Crippen LogP contribution in [0.1, 0.15) is 137 Å². The first-order chi connectivity index (χ1) is 36.2. The third-order valence-electron chi connectivity index (χ3n) is 16.3. The summed E-state index contributed by atoms with van der Waals surface area (Å²) in [5.41, 5.74) is 0.349. The molecule has 0 amide bonds. The lowest BCUT2D eigenvalue weighted by molar-refractivity contribution is -0.333. The molecule has 8 aliphatic rings. The van der Waals surface area contributed by atoms with E-state index in [-0.39, 0.29) is 89.1 Å². The molecule has 21 nitrogen and oxygen atoms in total. The van der Waals surface area contributed by atoms with Gasteiger partial charge in [0, 0.05) is 61.7 Å². The monoisotopic (exact) mass is 1070 g/mol. The highest BCUT2D eigenvalue weighted by Gasteiger charge is 2.48. The van der Waals surface area contributed by atoms with Crippen LogP contribution in [-0.2, 0) is 58.5 Å². The molecule has 420 valence electrons. The number of hydrogen-bond acceptors (Lipinski definition) is 21. The third-order valence-corrected chi connectivity index (χ3v) is 16.3. The molecule has 21 heteroatoms. The number of phenols is 2. The number of hydrogen-bond donors (Lipinski definition) is 7. The SMILES string of the molecule is Cc1cc(O)c2c(c1)C[C@@H](O)C1=C2C(=O)c2c(OC3CC(O)C(OC4CC(OC5CCC(OC6CCC(OC7CC(OC8CCC(O)C(C)O8)C(O)C(C)O7)C(C)O6)C(C)O5)C(O)C(C)O4)C(C)O3)ccc(O)c2C1=O. The molecule has 7 N–H and O–H groups in total. The van der Waals surface area contributed by atoms with Gasteiger partial charge in [-0.2, -0.15) is 0 Å². The van der Waals surface area contributed by atoms with E-state index >= 15 is 0 Å². The zero-order valence-electron chi connectivity index (χ0n) is 43.9. The fourth-order valence-corrected chi connectivity index (χ4v) is 12.1. The van der Waals surface area contributed by atoms with E-state index in [1.165, 1.54) is 18.2 Å². The lowest BCUT2D eigenvalue weighted by Gasteiger charge is -2.45. The van der Waals surface area contributed by atoms with Crippen LogP contribution >= 0.6 is 0 Å². The Labute approximate surface area is 441 Å². The van der Waals surface area contributed by atoms with Crippen LogP contribution in [0.25, 0.3) is 5.57 Å². The van der Waals surface area contributed by atoms with Crippen molar-refractivity contribution in [1.82, 2.24) is 0 Å². The second-order valence-corrected chi connectivity index (χ2v) is 21.9. The fourth-order valence-electron chi connectivity index (χ4n) is 12.1. The molecule has 0 saturated carbocycles. The smallest absolute Gasteiger partial charge is 0.202 e. The number of phenolic OH excluding ortho intramolecular Hbond substituents is 2. The van der Waals surface area contributed by atoms with Gasteiger partial charge in [0.2, 0.25) is 6.29 Å². The van der Waals surface area contributed by atoms with Crippen LogP contribution in [0.4, 0.5) is 0 Å². The van der Waals surface area contributed by atoms with Crippen LogP contribution in [-0.4, -0.2) is 183 Å². The molecule has 76 heavy (non-hydrogen) atoms. The van der Waals surface area contributed by atoms with E-state index < -0.39 is 122 Å². The minimum absolute atomic E-state index is 0.0129. The van der Waals surface area contributed by atoms with E-state index in [1.807, 2.05) is 13.8 Å². The normalized spacial score (nSPS) is 42.0. The molecule has 6 saturated heterocycles. The number of carbonyl (C=O) groups excluding carboxylic acids is 2. The number of ether oxygens (including phenoxy) is 12. The molecule has 6 heterocycles. The predicted molar refractivity (Wildman–Crippen MR) is 263 cm³/mol. The second kappa shape index (κ2) is 22.8. The lowest BCUT2D eigenvalue weighted by Crippen LogP contribution is -2.55. The minimum atomic E-state index is -1.36. The molecule has 21 unspecified atom stereocenters. The molecule has 10 rings (SSSR count). The average molecular weight is 1070 g/mol. The number of benzene rings is 2. The molecule has 6 fully saturated rings. The van der Waals surface area contributed by atoms with Gasteiger partial charge >= 0.3 is 0 Å². The number of Topliss-reactive ketones (excluding diaryl/α,β-unsaturated/α-hetero) is 2. The molecular weight excluding hydrogens is 997 g/mol. The first-order valence-corrected chi connectivity index (χ1v) is 27.0. The summed E-state index contributed by atoms with van der Waals surface area (Å²) >= 11 is 0. The van der Waals surface area contributed by atoms with Crippen molar-refractivity contribution < 1.29 is 102 Å².